The van der Waals surface area contributed by atoms with E-state index in [1.807, 2.05) is 19.1 Å². The fourth-order valence-electron chi connectivity index (χ4n) is 0.545. The molecule has 0 bridgehead atoms. The van der Waals surface area contributed by atoms with Crippen LogP contribution in [0.3, 0.4) is 0 Å². The van der Waals surface area contributed by atoms with Gasteiger partial charge >= 0.3 is 0 Å². The molecule has 0 atom stereocenters. The van der Waals surface area contributed by atoms with Gasteiger partial charge in [-0.2, -0.15) is 0 Å². The van der Waals surface area contributed by atoms with Crippen LogP contribution in [0.5, 0.6) is 5.75 Å². The van der Waals surface area contributed by atoms with Crippen LogP contribution in [0.2, 0.25) is 0 Å². The van der Waals surface area contributed by atoms with Gasteiger partial charge in [0.2, 0.25) is 0 Å². The molecule has 0 aliphatic rings. The highest BCUT2D eigenvalue weighted by atomic mass is 16.3. The maximum atomic E-state index is 8.76. The highest BCUT2D eigenvalue weighted by Gasteiger charge is 1.82. The van der Waals surface area contributed by atoms with Crippen molar-refractivity contribution in [1.82, 2.24) is 0 Å². The Hall–Kier alpha value is -1.06. The summed E-state index contributed by atoms with van der Waals surface area (Å²) in [4.78, 5) is 0. The van der Waals surface area contributed by atoms with E-state index in [1.54, 1.807) is 12.1 Å². The molecule has 1 rings (SSSR count). The van der Waals surface area contributed by atoms with Gasteiger partial charge in [-0.3, -0.25) is 11.7 Å². The molecule has 0 heterocycles. The number of aromatic hydroxyl groups is 1. The van der Waals surface area contributed by atoms with Gasteiger partial charge in [0.15, 0.2) is 0 Å². The monoisotopic (exact) mass is 140 g/mol. The van der Waals surface area contributed by atoms with Crippen LogP contribution in [0.25, 0.3) is 0 Å². The summed E-state index contributed by atoms with van der Waals surface area (Å²) in [5, 5.41) is 8.76. The van der Waals surface area contributed by atoms with Crippen molar-refractivity contribution in [3.8, 4) is 5.75 Å². The Balaban J connectivity index is 0.000000371. The summed E-state index contributed by atoms with van der Waals surface area (Å²) in [6, 6.07) is 7.09. The molecular formula is C7H12N2O. The van der Waals surface area contributed by atoms with E-state index in [9.17, 15) is 0 Å². The van der Waals surface area contributed by atoms with Crippen LogP contribution in [0.15, 0.2) is 24.3 Å². The van der Waals surface area contributed by atoms with Gasteiger partial charge in [-0.25, -0.2) is 0 Å². The van der Waals surface area contributed by atoms with Gasteiger partial charge in [-0.15, -0.1) is 0 Å². The van der Waals surface area contributed by atoms with Gasteiger partial charge in [0.25, 0.3) is 0 Å². The predicted octanol–water partition coefficient (Wildman–Crippen LogP) is 0.519. The zero-order chi connectivity index (χ0) is 7.98. The smallest absolute Gasteiger partial charge is 0.115 e. The molecule has 1 aromatic carbocycles. The Morgan fingerprint density at radius 2 is 1.50 bits per heavy atom. The standard InChI is InChI=1S/C7H8O.H4N2/c1-6-2-4-7(8)5-3-6;1-2/h2-5,8H,1H3;1-2H2. The van der Waals surface area contributed by atoms with Crippen LogP contribution in [0.4, 0.5) is 0 Å². The molecule has 0 spiro atoms. The van der Waals surface area contributed by atoms with Crippen LogP contribution in [0, 0.1) is 6.92 Å². The maximum absolute atomic E-state index is 8.76. The van der Waals surface area contributed by atoms with Crippen molar-refractivity contribution in [2.75, 3.05) is 0 Å². The fraction of sp³-hybridized carbons (Fsp3) is 0.143. The summed E-state index contributed by atoms with van der Waals surface area (Å²) in [6.45, 7) is 1.99. The lowest BCUT2D eigenvalue weighted by molar-refractivity contribution is 0.475. The zero-order valence-electron chi connectivity index (χ0n) is 5.91. The minimum absolute atomic E-state index is 0.329. The summed E-state index contributed by atoms with van der Waals surface area (Å²) < 4.78 is 0. The van der Waals surface area contributed by atoms with Crippen molar-refractivity contribution in [2.24, 2.45) is 11.7 Å². The Bertz CT molecular complexity index is 150. The van der Waals surface area contributed by atoms with Gasteiger partial charge in [0.05, 0.1) is 0 Å². The molecule has 10 heavy (non-hydrogen) atoms. The van der Waals surface area contributed by atoms with Gasteiger partial charge in [-0.1, -0.05) is 17.7 Å². The fourth-order valence-corrected chi connectivity index (χ4v) is 0.545. The first-order chi connectivity index (χ1) is 4.79. The van der Waals surface area contributed by atoms with Gasteiger partial charge < -0.3 is 5.11 Å². The lowest BCUT2D eigenvalue weighted by atomic mass is 10.2. The Kier molecular flexibility index (Phi) is 4.28. The SMILES string of the molecule is Cc1ccc(O)cc1.NN. The molecule has 0 saturated heterocycles. The van der Waals surface area contributed by atoms with Crippen LogP contribution in [0.1, 0.15) is 5.56 Å². The third-order valence-electron chi connectivity index (χ3n) is 1.03. The number of benzene rings is 1. The highest BCUT2D eigenvalue weighted by Crippen LogP contribution is 2.07. The second-order valence-corrected chi connectivity index (χ2v) is 1.84. The van der Waals surface area contributed by atoms with E-state index in [0.717, 1.165) is 0 Å². The number of nitrogens with two attached hydrogens (primary N) is 2. The number of aryl methyl sites for hydroxylation is 1. The lowest BCUT2D eigenvalue weighted by Crippen LogP contribution is -2.02. The quantitative estimate of drug-likeness (QED) is 0.363. The lowest BCUT2D eigenvalue weighted by Gasteiger charge is -1.89. The first-order valence-electron chi connectivity index (χ1n) is 2.88. The molecule has 56 valence electrons. The number of hydrogen-bond donors (Lipinski definition) is 3. The van der Waals surface area contributed by atoms with E-state index in [4.69, 9.17) is 5.11 Å². The van der Waals surface area contributed by atoms with E-state index in [2.05, 4.69) is 11.7 Å². The second-order valence-electron chi connectivity index (χ2n) is 1.84. The zero-order valence-corrected chi connectivity index (χ0v) is 5.91. The summed E-state index contributed by atoms with van der Waals surface area (Å²) in [7, 11) is 0. The molecule has 3 nitrogen and oxygen atoms in total. The third kappa shape index (κ3) is 3.06. The number of hydrazine groups is 1. The van der Waals surface area contributed by atoms with Crippen LogP contribution >= 0.6 is 0 Å². The van der Waals surface area contributed by atoms with Crippen molar-refractivity contribution in [1.29, 1.82) is 0 Å². The summed E-state index contributed by atoms with van der Waals surface area (Å²) in [5.74, 6) is 8.33. The van der Waals surface area contributed by atoms with Crippen molar-refractivity contribution < 1.29 is 5.11 Å². The molecule has 3 heteroatoms. The van der Waals surface area contributed by atoms with E-state index in [1.165, 1.54) is 5.56 Å². The first kappa shape index (κ1) is 8.94. The van der Waals surface area contributed by atoms with Gasteiger partial charge in [-0.05, 0) is 19.1 Å². The second kappa shape index (κ2) is 4.78. The van der Waals surface area contributed by atoms with Gasteiger partial charge in [0.1, 0.15) is 5.75 Å². The van der Waals surface area contributed by atoms with E-state index >= 15 is 0 Å². The van der Waals surface area contributed by atoms with Gasteiger partial charge in [0, 0.05) is 0 Å². The highest BCUT2D eigenvalue weighted by molar-refractivity contribution is 5.24. The Labute approximate surface area is 60.2 Å². The molecule has 0 unspecified atom stereocenters. The van der Waals surface area contributed by atoms with Crippen molar-refractivity contribution in [2.45, 2.75) is 6.92 Å². The molecule has 0 aliphatic heterocycles. The van der Waals surface area contributed by atoms with E-state index in [-0.39, 0.29) is 0 Å². The molecule has 0 fully saturated rings. The molecule has 0 aromatic heterocycles. The Morgan fingerprint density at radius 3 is 1.80 bits per heavy atom. The number of phenolic OH excluding ortho intramolecular Hbond substituents is 1. The molecule has 0 saturated carbocycles. The number of rotatable bonds is 0. The number of phenols is 1. The average Bonchev–Trinajstić information content (AvgIpc) is 2.00. The Morgan fingerprint density at radius 1 is 1.10 bits per heavy atom. The summed E-state index contributed by atoms with van der Waals surface area (Å²) in [6.07, 6.45) is 0. The minimum atomic E-state index is 0.329. The third-order valence-corrected chi connectivity index (χ3v) is 1.03. The van der Waals surface area contributed by atoms with E-state index < -0.39 is 0 Å². The van der Waals surface area contributed by atoms with Crippen LogP contribution in [-0.4, -0.2) is 5.11 Å². The normalized spacial score (nSPS) is 7.90. The van der Waals surface area contributed by atoms with Crippen LogP contribution in [-0.2, 0) is 0 Å². The number of hydrogen-bond acceptors (Lipinski definition) is 3. The van der Waals surface area contributed by atoms with E-state index in [0.29, 0.717) is 5.75 Å². The topological polar surface area (TPSA) is 72.3 Å². The van der Waals surface area contributed by atoms with Crippen molar-refractivity contribution in [3.05, 3.63) is 29.8 Å². The largest absolute Gasteiger partial charge is 0.508 e. The summed E-state index contributed by atoms with van der Waals surface area (Å²) in [5.41, 5.74) is 1.17. The predicted molar refractivity (Wildman–Crippen MR) is 41.2 cm³/mol. The molecule has 0 radical (unpaired) electrons. The molecular weight excluding hydrogens is 128 g/mol. The minimum Gasteiger partial charge on any atom is -0.508 e. The summed E-state index contributed by atoms with van der Waals surface area (Å²) >= 11 is 0. The van der Waals surface area contributed by atoms with Crippen molar-refractivity contribution in [3.63, 3.8) is 0 Å². The molecule has 0 aliphatic carbocycles. The molecule has 1 aromatic rings. The van der Waals surface area contributed by atoms with Crippen molar-refractivity contribution >= 4 is 0 Å². The average molecular weight is 140 g/mol. The molecule has 0 amide bonds. The first-order valence-corrected chi connectivity index (χ1v) is 2.88. The molecule has 5 N–H and O–H groups in total. The van der Waals surface area contributed by atoms with Crippen LogP contribution < -0.4 is 11.7 Å². The maximum Gasteiger partial charge on any atom is 0.115 e.